The van der Waals surface area contributed by atoms with Crippen LogP contribution >= 0.6 is 12.4 Å². The van der Waals surface area contributed by atoms with E-state index in [1.165, 1.54) is 0 Å². The number of anilines is 1. The third-order valence-corrected chi connectivity index (χ3v) is 5.32. The summed E-state index contributed by atoms with van der Waals surface area (Å²) < 4.78 is 0. The maximum Gasteiger partial charge on any atom is 0.228 e. The molecule has 138 valence electrons. The molecule has 0 saturated carbocycles. The Labute approximate surface area is 159 Å². The first-order valence-electron chi connectivity index (χ1n) is 8.94. The molecule has 0 spiro atoms. The summed E-state index contributed by atoms with van der Waals surface area (Å²) in [5, 5.41) is 5.47. The fourth-order valence-corrected chi connectivity index (χ4v) is 3.95. The van der Waals surface area contributed by atoms with Gasteiger partial charge in [0.05, 0.1) is 11.6 Å². The van der Waals surface area contributed by atoms with Gasteiger partial charge in [-0.1, -0.05) is 36.4 Å². The van der Waals surface area contributed by atoms with Crippen LogP contribution < -0.4 is 10.2 Å². The van der Waals surface area contributed by atoms with E-state index in [1.54, 1.807) is 4.90 Å². The lowest BCUT2D eigenvalue weighted by Gasteiger charge is -2.35. The van der Waals surface area contributed by atoms with Gasteiger partial charge in [-0.3, -0.25) is 9.59 Å². The Morgan fingerprint density at radius 2 is 1.92 bits per heavy atom. The van der Waals surface area contributed by atoms with Crippen molar-refractivity contribution in [1.29, 1.82) is 0 Å². The van der Waals surface area contributed by atoms with Crippen molar-refractivity contribution in [2.24, 2.45) is 5.92 Å². The number of benzene rings is 2. The Kier molecular flexibility index (Phi) is 5.49. The number of rotatable bonds is 2. The van der Waals surface area contributed by atoms with E-state index in [-0.39, 0.29) is 36.2 Å². The molecule has 2 heterocycles. The highest BCUT2D eigenvalue weighted by atomic mass is 35.5. The summed E-state index contributed by atoms with van der Waals surface area (Å²) in [6.45, 7) is 4.90. The van der Waals surface area contributed by atoms with Gasteiger partial charge < -0.3 is 15.1 Å². The Morgan fingerprint density at radius 3 is 2.73 bits per heavy atom. The van der Waals surface area contributed by atoms with Crippen molar-refractivity contribution >= 4 is 40.7 Å². The number of carbonyl (C=O) groups is 2. The van der Waals surface area contributed by atoms with Crippen LogP contribution in [-0.2, 0) is 9.59 Å². The second kappa shape index (κ2) is 7.64. The molecule has 0 aliphatic carbocycles. The first-order chi connectivity index (χ1) is 12.1. The molecule has 5 nitrogen and oxygen atoms in total. The predicted octanol–water partition coefficient (Wildman–Crippen LogP) is 2.43. The van der Waals surface area contributed by atoms with Crippen molar-refractivity contribution in [3.05, 3.63) is 42.5 Å². The molecular weight excluding hydrogens is 350 g/mol. The van der Waals surface area contributed by atoms with E-state index in [0.717, 1.165) is 36.1 Å². The third-order valence-electron chi connectivity index (χ3n) is 5.32. The molecule has 0 bridgehead atoms. The van der Waals surface area contributed by atoms with Crippen LogP contribution in [0.2, 0.25) is 0 Å². The minimum atomic E-state index is -0.244. The highest BCUT2D eigenvalue weighted by Gasteiger charge is 2.39. The lowest BCUT2D eigenvalue weighted by atomic mass is 10.0. The predicted molar refractivity (Wildman–Crippen MR) is 106 cm³/mol. The maximum absolute atomic E-state index is 12.9. The number of nitrogens with zero attached hydrogens (tertiary/aromatic N) is 2. The number of piperazine rings is 1. The molecule has 2 saturated heterocycles. The smallest absolute Gasteiger partial charge is 0.228 e. The van der Waals surface area contributed by atoms with Crippen LogP contribution in [-0.4, -0.2) is 48.9 Å². The monoisotopic (exact) mass is 373 g/mol. The van der Waals surface area contributed by atoms with Gasteiger partial charge in [0.1, 0.15) is 0 Å². The van der Waals surface area contributed by atoms with Crippen LogP contribution in [0.3, 0.4) is 0 Å². The Balaban J connectivity index is 0.00000196. The van der Waals surface area contributed by atoms with Crippen LogP contribution in [0.15, 0.2) is 42.5 Å². The molecule has 1 N–H and O–H groups in total. The van der Waals surface area contributed by atoms with E-state index in [9.17, 15) is 9.59 Å². The summed E-state index contributed by atoms with van der Waals surface area (Å²) >= 11 is 0. The molecule has 2 unspecified atom stereocenters. The van der Waals surface area contributed by atoms with Crippen LogP contribution in [0.25, 0.3) is 10.8 Å². The summed E-state index contributed by atoms with van der Waals surface area (Å²) in [6.07, 6.45) is 0.304. The van der Waals surface area contributed by atoms with Crippen molar-refractivity contribution < 1.29 is 9.59 Å². The molecule has 2 aromatic carbocycles. The zero-order chi connectivity index (χ0) is 17.4. The van der Waals surface area contributed by atoms with Crippen molar-refractivity contribution in [2.45, 2.75) is 19.4 Å². The highest BCUT2D eigenvalue weighted by molar-refractivity contribution is 6.07. The number of halogens is 1. The van der Waals surface area contributed by atoms with Gasteiger partial charge in [0.25, 0.3) is 0 Å². The highest BCUT2D eigenvalue weighted by Crippen LogP contribution is 2.32. The summed E-state index contributed by atoms with van der Waals surface area (Å²) in [7, 11) is 0. The quantitative estimate of drug-likeness (QED) is 0.879. The van der Waals surface area contributed by atoms with Gasteiger partial charge in [-0.15, -0.1) is 12.4 Å². The van der Waals surface area contributed by atoms with Crippen LogP contribution in [0, 0.1) is 5.92 Å². The van der Waals surface area contributed by atoms with E-state index in [1.807, 2.05) is 47.4 Å². The molecule has 2 fully saturated rings. The van der Waals surface area contributed by atoms with Gasteiger partial charge in [0.2, 0.25) is 11.8 Å². The largest absolute Gasteiger partial charge is 0.337 e. The second-order valence-corrected chi connectivity index (χ2v) is 6.99. The minimum Gasteiger partial charge on any atom is -0.337 e. The summed E-state index contributed by atoms with van der Waals surface area (Å²) in [5.41, 5.74) is 0.909. The number of hydrogen-bond acceptors (Lipinski definition) is 3. The zero-order valence-electron chi connectivity index (χ0n) is 14.9. The van der Waals surface area contributed by atoms with Crippen LogP contribution in [0.1, 0.15) is 13.3 Å². The molecule has 6 heteroatoms. The van der Waals surface area contributed by atoms with E-state index in [0.29, 0.717) is 13.0 Å². The number of amides is 2. The molecule has 0 radical (unpaired) electrons. The molecule has 4 rings (SSSR count). The topological polar surface area (TPSA) is 52.7 Å². The second-order valence-electron chi connectivity index (χ2n) is 6.99. The molecule has 2 aromatic rings. The SMILES string of the molecule is CC1CNCCN1C(=O)C1CC(=O)N(c2cccc3ccccc23)C1.Cl. The number of fused-ring (bicyclic) bond motifs is 1. The van der Waals surface area contributed by atoms with Gasteiger partial charge in [-0.05, 0) is 18.4 Å². The van der Waals surface area contributed by atoms with Gasteiger partial charge in [0, 0.05) is 44.0 Å². The molecule has 0 aromatic heterocycles. The molecule has 2 aliphatic heterocycles. The van der Waals surface area contributed by atoms with E-state index in [2.05, 4.69) is 12.2 Å². The van der Waals surface area contributed by atoms with Gasteiger partial charge >= 0.3 is 0 Å². The van der Waals surface area contributed by atoms with Crippen molar-refractivity contribution in [3.8, 4) is 0 Å². The Hall–Kier alpha value is -2.11. The van der Waals surface area contributed by atoms with Gasteiger partial charge in [-0.25, -0.2) is 0 Å². The maximum atomic E-state index is 12.9. The fraction of sp³-hybridized carbons (Fsp3) is 0.400. The number of carbonyl (C=O) groups excluding carboxylic acids is 2. The molecule has 2 atom stereocenters. The number of hydrogen-bond donors (Lipinski definition) is 1. The minimum absolute atomic E-state index is 0. The van der Waals surface area contributed by atoms with Crippen LogP contribution in [0.4, 0.5) is 5.69 Å². The number of nitrogens with one attached hydrogen (secondary N) is 1. The van der Waals surface area contributed by atoms with Crippen LogP contribution in [0.5, 0.6) is 0 Å². The Morgan fingerprint density at radius 1 is 1.15 bits per heavy atom. The first kappa shape index (κ1) is 18.7. The lowest BCUT2D eigenvalue weighted by molar-refractivity contribution is -0.138. The first-order valence-corrected chi connectivity index (χ1v) is 8.94. The summed E-state index contributed by atoms with van der Waals surface area (Å²) in [6, 6.07) is 14.2. The van der Waals surface area contributed by atoms with Gasteiger partial charge in [-0.2, -0.15) is 0 Å². The average Bonchev–Trinajstić information content (AvgIpc) is 3.02. The Bertz CT molecular complexity index is 820. The van der Waals surface area contributed by atoms with Gasteiger partial charge in [0.15, 0.2) is 0 Å². The molecule has 26 heavy (non-hydrogen) atoms. The molecular formula is C20H24ClN3O2. The molecule has 2 aliphatic rings. The average molecular weight is 374 g/mol. The standard InChI is InChI=1S/C20H23N3O2.ClH/c1-14-12-21-9-10-22(14)20(25)16-11-19(24)23(13-16)18-8-4-6-15-5-2-3-7-17(15)18;/h2-8,14,16,21H,9-13H2,1H3;1H. The lowest BCUT2D eigenvalue weighted by Crippen LogP contribution is -2.54. The van der Waals surface area contributed by atoms with E-state index >= 15 is 0 Å². The summed E-state index contributed by atoms with van der Waals surface area (Å²) in [4.78, 5) is 29.3. The van der Waals surface area contributed by atoms with Crippen molar-refractivity contribution in [1.82, 2.24) is 10.2 Å². The van der Waals surface area contributed by atoms with Crippen molar-refractivity contribution in [3.63, 3.8) is 0 Å². The van der Waals surface area contributed by atoms with E-state index in [4.69, 9.17) is 0 Å². The third kappa shape index (κ3) is 3.29. The normalized spacial score (nSPS) is 23.2. The fourth-order valence-electron chi connectivity index (χ4n) is 3.95. The van der Waals surface area contributed by atoms with E-state index < -0.39 is 0 Å². The summed E-state index contributed by atoms with van der Waals surface area (Å²) in [5.74, 6) is -0.0883. The zero-order valence-corrected chi connectivity index (χ0v) is 15.7. The molecule has 2 amide bonds. The van der Waals surface area contributed by atoms with Crippen molar-refractivity contribution in [2.75, 3.05) is 31.1 Å².